The fraction of sp³-hybridized carbons (Fsp3) is 0.435. The summed E-state index contributed by atoms with van der Waals surface area (Å²) in [5.41, 5.74) is 1.98. The quantitative estimate of drug-likeness (QED) is 0.763. The molecule has 1 saturated heterocycles. The summed E-state index contributed by atoms with van der Waals surface area (Å²) in [6, 6.07) is 12.5. The topological polar surface area (TPSA) is 42.0 Å². The molecule has 4 rings (SSSR count). The number of nitrogens with zero attached hydrogens (tertiary/aromatic N) is 2. The highest BCUT2D eigenvalue weighted by atomic mass is 19.1. The molecule has 29 heavy (non-hydrogen) atoms. The number of benzene rings is 2. The first-order valence-corrected chi connectivity index (χ1v) is 10.3. The SMILES string of the molecule is CCC(=O)N(c1ccc(F)cc1)C1CCN(Cc2ccc3c(c2)OCCO3)CC1. The average molecular weight is 398 g/mol. The monoisotopic (exact) mass is 398 g/mol. The molecule has 0 unspecified atom stereocenters. The van der Waals surface area contributed by atoms with Gasteiger partial charge < -0.3 is 14.4 Å². The van der Waals surface area contributed by atoms with E-state index in [0.29, 0.717) is 19.6 Å². The van der Waals surface area contributed by atoms with Crippen LogP contribution in [0.3, 0.4) is 0 Å². The highest BCUT2D eigenvalue weighted by Crippen LogP contribution is 2.32. The summed E-state index contributed by atoms with van der Waals surface area (Å²) in [4.78, 5) is 16.9. The maximum absolute atomic E-state index is 13.3. The Hall–Kier alpha value is -2.60. The van der Waals surface area contributed by atoms with E-state index in [-0.39, 0.29) is 17.8 Å². The summed E-state index contributed by atoms with van der Waals surface area (Å²) in [6.07, 6.45) is 2.23. The van der Waals surface area contributed by atoms with E-state index in [2.05, 4.69) is 17.0 Å². The van der Waals surface area contributed by atoms with Crippen molar-refractivity contribution in [3.8, 4) is 11.5 Å². The molecule has 0 aliphatic carbocycles. The molecule has 2 aromatic carbocycles. The molecule has 0 bridgehead atoms. The molecule has 2 aromatic rings. The summed E-state index contributed by atoms with van der Waals surface area (Å²) < 4.78 is 24.6. The number of halogens is 1. The van der Waals surface area contributed by atoms with Crippen LogP contribution in [0.5, 0.6) is 11.5 Å². The first kappa shape index (κ1) is 19.7. The van der Waals surface area contributed by atoms with Crippen LogP contribution in [-0.4, -0.2) is 43.2 Å². The number of ether oxygens (including phenoxy) is 2. The molecule has 1 amide bonds. The summed E-state index contributed by atoms with van der Waals surface area (Å²) in [7, 11) is 0. The van der Waals surface area contributed by atoms with Crippen LogP contribution in [0.2, 0.25) is 0 Å². The van der Waals surface area contributed by atoms with Crippen LogP contribution in [-0.2, 0) is 11.3 Å². The molecular weight excluding hydrogens is 371 g/mol. The largest absolute Gasteiger partial charge is 0.486 e. The molecule has 154 valence electrons. The third-order valence-corrected chi connectivity index (χ3v) is 5.61. The van der Waals surface area contributed by atoms with Crippen molar-refractivity contribution in [2.45, 2.75) is 38.8 Å². The number of piperidine rings is 1. The zero-order valence-electron chi connectivity index (χ0n) is 16.8. The van der Waals surface area contributed by atoms with E-state index in [0.717, 1.165) is 49.7 Å². The van der Waals surface area contributed by atoms with Crippen molar-refractivity contribution < 1.29 is 18.7 Å². The van der Waals surface area contributed by atoms with Gasteiger partial charge in [-0.1, -0.05) is 13.0 Å². The summed E-state index contributed by atoms with van der Waals surface area (Å²) in [5, 5.41) is 0. The Morgan fingerprint density at radius 2 is 1.76 bits per heavy atom. The number of carbonyl (C=O) groups excluding carboxylic acids is 1. The highest BCUT2D eigenvalue weighted by Gasteiger charge is 2.28. The summed E-state index contributed by atoms with van der Waals surface area (Å²) >= 11 is 0. The molecule has 0 radical (unpaired) electrons. The van der Waals surface area contributed by atoms with Gasteiger partial charge in [0.1, 0.15) is 19.0 Å². The van der Waals surface area contributed by atoms with E-state index in [1.807, 2.05) is 17.9 Å². The molecule has 2 heterocycles. The van der Waals surface area contributed by atoms with Crippen LogP contribution in [0.4, 0.5) is 10.1 Å². The Morgan fingerprint density at radius 1 is 1.07 bits per heavy atom. The molecule has 0 atom stereocenters. The molecule has 6 heteroatoms. The van der Waals surface area contributed by atoms with Crippen LogP contribution >= 0.6 is 0 Å². The molecule has 0 aromatic heterocycles. The fourth-order valence-electron chi connectivity index (χ4n) is 4.11. The van der Waals surface area contributed by atoms with Gasteiger partial charge in [0, 0.05) is 37.8 Å². The van der Waals surface area contributed by atoms with Gasteiger partial charge in [0.25, 0.3) is 0 Å². The third kappa shape index (κ3) is 4.53. The zero-order valence-corrected chi connectivity index (χ0v) is 16.8. The van der Waals surface area contributed by atoms with Crippen LogP contribution in [0.25, 0.3) is 0 Å². The fourth-order valence-corrected chi connectivity index (χ4v) is 4.11. The van der Waals surface area contributed by atoms with Gasteiger partial charge in [-0.2, -0.15) is 0 Å². The molecule has 5 nitrogen and oxygen atoms in total. The van der Waals surface area contributed by atoms with Crippen molar-refractivity contribution >= 4 is 11.6 Å². The molecule has 2 aliphatic heterocycles. The van der Waals surface area contributed by atoms with Gasteiger partial charge >= 0.3 is 0 Å². The van der Waals surface area contributed by atoms with Gasteiger partial charge in [0.2, 0.25) is 5.91 Å². The van der Waals surface area contributed by atoms with E-state index in [1.165, 1.54) is 17.7 Å². The molecule has 0 saturated carbocycles. The minimum absolute atomic E-state index is 0.0851. The van der Waals surface area contributed by atoms with E-state index in [1.54, 1.807) is 12.1 Å². The normalized spacial score (nSPS) is 17.2. The number of hydrogen-bond acceptors (Lipinski definition) is 4. The van der Waals surface area contributed by atoms with Crippen molar-refractivity contribution in [1.82, 2.24) is 4.90 Å². The standard InChI is InChI=1S/C23H27FN2O3/c1-2-23(27)26(19-6-4-18(24)5-7-19)20-9-11-25(12-10-20)16-17-3-8-21-22(15-17)29-14-13-28-21/h3-8,15,20H,2,9-14,16H2,1H3. The lowest BCUT2D eigenvalue weighted by Gasteiger charge is -2.38. The summed E-state index contributed by atoms with van der Waals surface area (Å²) in [6.45, 7) is 5.73. The smallest absolute Gasteiger partial charge is 0.226 e. The second-order valence-electron chi connectivity index (χ2n) is 7.58. The minimum Gasteiger partial charge on any atom is -0.486 e. The van der Waals surface area contributed by atoms with Crippen LogP contribution in [0.15, 0.2) is 42.5 Å². The lowest BCUT2D eigenvalue weighted by atomic mass is 10.0. The Balaban J connectivity index is 1.39. The van der Waals surface area contributed by atoms with E-state index in [9.17, 15) is 9.18 Å². The molecule has 1 fully saturated rings. The Kier molecular flexibility index (Phi) is 6.00. The van der Waals surface area contributed by atoms with Crippen LogP contribution in [0.1, 0.15) is 31.7 Å². The predicted molar refractivity (Wildman–Crippen MR) is 110 cm³/mol. The van der Waals surface area contributed by atoms with Gasteiger partial charge in [0.05, 0.1) is 0 Å². The number of likely N-dealkylation sites (tertiary alicyclic amines) is 1. The third-order valence-electron chi connectivity index (χ3n) is 5.61. The van der Waals surface area contributed by atoms with E-state index < -0.39 is 0 Å². The number of carbonyl (C=O) groups is 1. The number of anilines is 1. The lowest BCUT2D eigenvalue weighted by Crippen LogP contribution is -2.47. The van der Waals surface area contributed by atoms with Gasteiger partial charge in [-0.3, -0.25) is 9.69 Å². The van der Waals surface area contributed by atoms with Gasteiger partial charge in [-0.05, 0) is 54.8 Å². The van der Waals surface area contributed by atoms with Crippen molar-refractivity contribution in [1.29, 1.82) is 0 Å². The Morgan fingerprint density at radius 3 is 2.45 bits per heavy atom. The van der Waals surface area contributed by atoms with Crippen molar-refractivity contribution in [2.24, 2.45) is 0 Å². The number of fused-ring (bicyclic) bond motifs is 1. The van der Waals surface area contributed by atoms with Gasteiger partial charge in [-0.25, -0.2) is 4.39 Å². The maximum Gasteiger partial charge on any atom is 0.226 e. The first-order chi connectivity index (χ1) is 14.1. The minimum atomic E-state index is -0.285. The van der Waals surface area contributed by atoms with Gasteiger partial charge in [0.15, 0.2) is 11.5 Å². The number of amides is 1. The highest BCUT2D eigenvalue weighted by molar-refractivity contribution is 5.93. The second kappa shape index (κ2) is 8.82. The van der Waals surface area contributed by atoms with Gasteiger partial charge in [-0.15, -0.1) is 0 Å². The van der Waals surface area contributed by atoms with E-state index >= 15 is 0 Å². The molecule has 2 aliphatic rings. The molecule has 0 N–H and O–H groups in total. The average Bonchev–Trinajstić information content (AvgIpc) is 2.76. The Labute approximate surface area is 171 Å². The number of hydrogen-bond donors (Lipinski definition) is 0. The second-order valence-corrected chi connectivity index (χ2v) is 7.58. The van der Waals surface area contributed by atoms with Crippen LogP contribution < -0.4 is 14.4 Å². The molecule has 0 spiro atoms. The maximum atomic E-state index is 13.3. The lowest BCUT2D eigenvalue weighted by molar-refractivity contribution is -0.119. The number of rotatable bonds is 5. The van der Waals surface area contributed by atoms with Crippen molar-refractivity contribution in [2.75, 3.05) is 31.2 Å². The van der Waals surface area contributed by atoms with Crippen molar-refractivity contribution in [3.05, 3.63) is 53.8 Å². The first-order valence-electron chi connectivity index (χ1n) is 10.3. The van der Waals surface area contributed by atoms with E-state index in [4.69, 9.17) is 9.47 Å². The molecular formula is C23H27FN2O3. The Bertz CT molecular complexity index is 848. The van der Waals surface area contributed by atoms with Crippen LogP contribution in [0, 0.1) is 5.82 Å². The zero-order chi connectivity index (χ0) is 20.2. The summed E-state index contributed by atoms with van der Waals surface area (Å²) in [5.74, 6) is 1.43. The predicted octanol–water partition coefficient (Wildman–Crippen LogP) is 4.00. The van der Waals surface area contributed by atoms with Crippen molar-refractivity contribution in [3.63, 3.8) is 0 Å².